The van der Waals surface area contributed by atoms with Crippen LogP contribution < -0.4 is 10.2 Å². The summed E-state index contributed by atoms with van der Waals surface area (Å²) in [5.74, 6) is 0. The Morgan fingerprint density at radius 2 is 2.06 bits per heavy atom. The Labute approximate surface area is 111 Å². The van der Waals surface area contributed by atoms with Crippen molar-refractivity contribution in [2.75, 3.05) is 24.5 Å². The minimum Gasteiger partial charge on any atom is -0.370 e. The van der Waals surface area contributed by atoms with Gasteiger partial charge in [-0.2, -0.15) is 0 Å². The van der Waals surface area contributed by atoms with Gasteiger partial charge in [0.25, 0.3) is 0 Å². The molecular weight excluding hydrogens is 222 g/mol. The highest BCUT2D eigenvalue weighted by Crippen LogP contribution is 2.20. The lowest BCUT2D eigenvalue weighted by molar-refractivity contribution is 0.556. The van der Waals surface area contributed by atoms with Crippen molar-refractivity contribution in [3.05, 3.63) is 24.0 Å². The Bertz CT molecular complexity index is 341. The van der Waals surface area contributed by atoms with Crippen LogP contribution in [-0.2, 0) is 0 Å². The molecule has 100 valence electrons. The fourth-order valence-corrected chi connectivity index (χ4v) is 2.46. The molecule has 1 fully saturated rings. The maximum absolute atomic E-state index is 4.60. The van der Waals surface area contributed by atoms with Crippen LogP contribution in [0.2, 0.25) is 0 Å². The number of pyridine rings is 1. The number of rotatable bonds is 5. The van der Waals surface area contributed by atoms with Gasteiger partial charge in [-0.25, -0.2) is 0 Å². The van der Waals surface area contributed by atoms with Crippen LogP contribution in [0.4, 0.5) is 5.69 Å². The summed E-state index contributed by atoms with van der Waals surface area (Å²) >= 11 is 0. The highest BCUT2D eigenvalue weighted by Gasteiger charge is 2.12. The van der Waals surface area contributed by atoms with Crippen molar-refractivity contribution >= 4 is 5.69 Å². The first-order chi connectivity index (χ1) is 8.81. The third-order valence-electron chi connectivity index (χ3n) is 3.64. The molecular formula is C15H25N3. The standard InChI is InChI=1S/C15H25N3/c1-3-9-16-13(2)15-8-7-14(12-17-15)18-10-5-4-6-11-18/h7-8,12-13,16H,3-6,9-11H2,1-2H3. The Morgan fingerprint density at radius 1 is 1.28 bits per heavy atom. The molecule has 1 saturated heterocycles. The number of anilines is 1. The zero-order valence-corrected chi connectivity index (χ0v) is 11.7. The second kappa shape index (κ2) is 6.74. The van der Waals surface area contributed by atoms with Crippen LogP contribution in [-0.4, -0.2) is 24.6 Å². The van der Waals surface area contributed by atoms with E-state index < -0.39 is 0 Å². The smallest absolute Gasteiger partial charge is 0.0572 e. The molecule has 1 aliphatic heterocycles. The maximum atomic E-state index is 4.60. The molecule has 2 heterocycles. The average molecular weight is 247 g/mol. The van der Waals surface area contributed by atoms with E-state index in [9.17, 15) is 0 Å². The van der Waals surface area contributed by atoms with Crippen LogP contribution in [0.15, 0.2) is 18.3 Å². The number of nitrogens with zero attached hydrogens (tertiary/aromatic N) is 2. The van der Waals surface area contributed by atoms with Crippen LogP contribution in [0, 0.1) is 0 Å². The summed E-state index contributed by atoms with van der Waals surface area (Å²) in [5, 5.41) is 3.47. The normalized spacial score (nSPS) is 17.8. The highest BCUT2D eigenvalue weighted by molar-refractivity contribution is 5.45. The van der Waals surface area contributed by atoms with Crippen molar-refractivity contribution in [1.29, 1.82) is 0 Å². The van der Waals surface area contributed by atoms with Gasteiger partial charge < -0.3 is 10.2 Å². The molecule has 0 saturated carbocycles. The third kappa shape index (κ3) is 3.45. The average Bonchev–Trinajstić information content (AvgIpc) is 2.46. The van der Waals surface area contributed by atoms with Crippen LogP contribution in [0.25, 0.3) is 0 Å². The van der Waals surface area contributed by atoms with E-state index in [0.29, 0.717) is 6.04 Å². The van der Waals surface area contributed by atoms with Crippen molar-refractivity contribution in [3.8, 4) is 0 Å². The van der Waals surface area contributed by atoms with Gasteiger partial charge in [0.1, 0.15) is 0 Å². The molecule has 18 heavy (non-hydrogen) atoms. The number of hydrogen-bond donors (Lipinski definition) is 1. The van der Waals surface area contributed by atoms with Gasteiger partial charge in [-0.05, 0) is 51.3 Å². The molecule has 1 unspecified atom stereocenters. The van der Waals surface area contributed by atoms with E-state index >= 15 is 0 Å². The van der Waals surface area contributed by atoms with E-state index in [1.165, 1.54) is 38.0 Å². The molecule has 1 aromatic rings. The van der Waals surface area contributed by atoms with E-state index in [4.69, 9.17) is 0 Å². The summed E-state index contributed by atoms with van der Waals surface area (Å²) < 4.78 is 0. The molecule has 3 nitrogen and oxygen atoms in total. The summed E-state index contributed by atoms with van der Waals surface area (Å²) in [4.78, 5) is 7.05. The first-order valence-corrected chi connectivity index (χ1v) is 7.25. The van der Waals surface area contributed by atoms with Gasteiger partial charge in [-0.1, -0.05) is 6.92 Å². The predicted octanol–water partition coefficient (Wildman–Crippen LogP) is 3.13. The van der Waals surface area contributed by atoms with Gasteiger partial charge in [0.05, 0.1) is 17.6 Å². The molecule has 0 bridgehead atoms. The summed E-state index contributed by atoms with van der Waals surface area (Å²) in [7, 11) is 0. The highest BCUT2D eigenvalue weighted by atomic mass is 15.1. The largest absolute Gasteiger partial charge is 0.370 e. The SMILES string of the molecule is CCCNC(C)c1ccc(N2CCCCC2)cn1. The summed E-state index contributed by atoms with van der Waals surface area (Å²) in [6.45, 7) is 7.79. The molecule has 2 rings (SSSR count). The van der Waals surface area contributed by atoms with Crippen LogP contribution in [0.3, 0.4) is 0 Å². The lowest BCUT2D eigenvalue weighted by atomic mass is 10.1. The molecule has 1 aliphatic rings. The quantitative estimate of drug-likeness (QED) is 0.866. The summed E-state index contributed by atoms with van der Waals surface area (Å²) in [6.07, 6.45) is 7.20. The molecule has 0 spiro atoms. The molecule has 1 aromatic heterocycles. The molecule has 1 N–H and O–H groups in total. The van der Waals surface area contributed by atoms with E-state index in [1.54, 1.807) is 0 Å². The van der Waals surface area contributed by atoms with Crippen molar-refractivity contribution in [1.82, 2.24) is 10.3 Å². The summed E-state index contributed by atoms with van der Waals surface area (Å²) in [6, 6.07) is 4.73. The van der Waals surface area contributed by atoms with E-state index in [0.717, 1.165) is 18.7 Å². The third-order valence-corrected chi connectivity index (χ3v) is 3.64. The van der Waals surface area contributed by atoms with Crippen LogP contribution >= 0.6 is 0 Å². The van der Waals surface area contributed by atoms with Gasteiger partial charge in [0.15, 0.2) is 0 Å². The maximum Gasteiger partial charge on any atom is 0.0572 e. The van der Waals surface area contributed by atoms with Crippen LogP contribution in [0.1, 0.15) is 51.3 Å². The van der Waals surface area contributed by atoms with Crippen LogP contribution in [0.5, 0.6) is 0 Å². The zero-order valence-electron chi connectivity index (χ0n) is 11.7. The van der Waals surface area contributed by atoms with Gasteiger partial charge >= 0.3 is 0 Å². The van der Waals surface area contributed by atoms with Gasteiger partial charge in [0.2, 0.25) is 0 Å². The summed E-state index contributed by atoms with van der Waals surface area (Å²) in [5.41, 5.74) is 2.42. The Kier molecular flexibility index (Phi) is 5.00. The number of nitrogens with one attached hydrogen (secondary N) is 1. The molecule has 0 amide bonds. The molecule has 0 radical (unpaired) electrons. The monoisotopic (exact) mass is 247 g/mol. The Morgan fingerprint density at radius 3 is 2.67 bits per heavy atom. The van der Waals surface area contributed by atoms with E-state index in [-0.39, 0.29) is 0 Å². The molecule has 0 aliphatic carbocycles. The molecule has 0 aromatic carbocycles. The van der Waals surface area contributed by atoms with E-state index in [1.807, 2.05) is 6.20 Å². The van der Waals surface area contributed by atoms with Crippen molar-refractivity contribution in [2.24, 2.45) is 0 Å². The minimum atomic E-state index is 0.348. The Hall–Kier alpha value is -1.09. The van der Waals surface area contributed by atoms with Gasteiger partial charge in [-0.15, -0.1) is 0 Å². The van der Waals surface area contributed by atoms with Gasteiger partial charge in [0, 0.05) is 19.1 Å². The zero-order chi connectivity index (χ0) is 12.8. The number of hydrogen-bond acceptors (Lipinski definition) is 3. The van der Waals surface area contributed by atoms with Crippen molar-refractivity contribution in [3.63, 3.8) is 0 Å². The number of aromatic nitrogens is 1. The second-order valence-corrected chi connectivity index (χ2v) is 5.16. The topological polar surface area (TPSA) is 28.2 Å². The van der Waals surface area contributed by atoms with E-state index in [2.05, 4.69) is 41.2 Å². The molecule has 3 heteroatoms. The lowest BCUT2D eigenvalue weighted by Crippen LogP contribution is -2.29. The first-order valence-electron chi connectivity index (χ1n) is 7.25. The van der Waals surface area contributed by atoms with Crippen molar-refractivity contribution < 1.29 is 0 Å². The molecule has 1 atom stereocenters. The fourth-order valence-electron chi connectivity index (χ4n) is 2.46. The second-order valence-electron chi connectivity index (χ2n) is 5.16. The fraction of sp³-hybridized carbons (Fsp3) is 0.667. The minimum absolute atomic E-state index is 0.348. The first kappa shape index (κ1) is 13.3. The Balaban J connectivity index is 1.95. The number of piperidine rings is 1. The predicted molar refractivity (Wildman–Crippen MR) is 77.0 cm³/mol. The lowest BCUT2D eigenvalue weighted by Gasteiger charge is -2.28. The van der Waals surface area contributed by atoms with Crippen molar-refractivity contribution in [2.45, 2.75) is 45.6 Å². The van der Waals surface area contributed by atoms with Gasteiger partial charge in [-0.3, -0.25) is 4.98 Å².